The van der Waals surface area contributed by atoms with E-state index >= 15 is 0 Å². The standard InChI is InChI=1S/C18H22O/c1-13(2)15-9-11-16(12-10-15)18(4,19)17-8-6-5-7-14(17)3/h5-13,19H,1-4H3. The zero-order chi connectivity index (χ0) is 14.0. The summed E-state index contributed by atoms with van der Waals surface area (Å²) >= 11 is 0. The van der Waals surface area contributed by atoms with Crippen LogP contribution in [0.4, 0.5) is 0 Å². The highest BCUT2D eigenvalue weighted by Gasteiger charge is 2.26. The third-order valence-corrected chi connectivity index (χ3v) is 3.81. The predicted octanol–water partition coefficient (Wildman–Crippen LogP) is 4.37. The van der Waals surface area contributed by atoms with Gasteiger partial charge in [-0.05, 0) is 42.0 Å². The molecule has 0 aliphatic rings. The molecule has 2 aromatic carbocycles. The van der Waals surface area contributed by atoms with E-state index in [4.69, 9.17) is 0 Å². The lowest BCUT2D eigenvalue weighted by atomic mass is 9.85. The quantitative estimate of drug-likeness (QED) is 0.862. The molecule has 19 heavy (non-hydrogen) atoms. The van der Waals surface area contributed by atoms with Crippen molar-refractivity contribution < 1.29 is 5.11 Å². The molecule has 1 nitrogen and oxygen atoms in total. The Morgan fingerprint density at radius 1 is 0.947 bits per heavy atom. The molecule has 0 aliphatic heterocycles. The van der Waals surface area contributed by atoms with E-state index in [1.807, 2.05) is 50.2 Å². The molecule has 2 rings (SSSR count). The smallest absolute Gasteiger partial charge is 0.112 e. The lowest BCUT2D eigenvalue weighted by molar-refractivity contribution is 0.101. The molecule has 0 heterocycles. The molecule has 0 amide bonds. The van der Waals surface area contributed by atoms with Crippen molar-refractivity contribution in [3.63, 3.8) is 0 Å². The lowest BCUT2D eigenvalue weighted by Crippen LogP contribution is -2.23. The fourth-order valence-corrected chi connectivity index (χ4v) is 2.47. The molecule has 1 heteroatoms. The summed E-state index contributed by atoms with van der Waals surface area (Å²) in [6, 6.07) is 16.3. The van der Waals surface area contributed by atoms with E-state index in [0.717, 1.165) is 16.7 Å². The Hall–Kier alpha value is -1.60. The number of hydrogen-bond acceptors (Lipinski definition) is 1. The van der Waals surface area contributed by atoms with Gasteiger partial charge in [0.25, 0.3) is 0 Å². The van der Waals surface area contributed by atoms with E-state index in [1.54, 1.807) is 0 Å². The van der Waals surface area contributed by atoms with Gasteiger partial charge in [-0.15, -0.1) is 0 Å². The summed E-state index contributed by atoms with van der Waals surface area (Å²) in [4.78, 5) is 0. The van der Waals surface area contributed by atoms with Crippen LogP contribution in [-0.4, -0.2) is 5.11 Å². The minimum Gasteiger partial charge on any atom is -0.381 e. The van der Waals surface area contributed by atoms with Crippen molar-refractivity contribution in [2.75, 3.05) is 0 Å². The Morgan fingerprint density at radius 3 is 2.05 bits per heavy atom. The van der Waals surface area contributed by atoms with Crippen molar-refractivity contribution in [2.45, 2.75) is 39.2 Å². The van der Waals surface area contributed by atoms with Gasteiger partial charge in [0.05, 0.1) is 0 Å². The average molecular weight is 254 g/mol. The van der Waals surface area contributed by atoms with E-state index in [0.29, 0.717) is 5.92 Å². The Bertz CT molecular complexity index is 550. The van der Waals surface area contributed by atoms with Crippen LogP contribution in [0.2, 0.25) is 0 Å². The van der Waals surface area contributed by atoms with Crippen molar-refractivity contribution in [3.05, 3.63) is 70.8 Å². The van der Waals surface area contributed by atoms with Crippen LogP contribution in [0, 0.1) is 6.92 Å². The maximum Gasteiger partial charge on any atom is 0.112 e. The molecule has 100 valence electrons. The molecule has 0 aromatic heterocycles. The first kappa shape index (κ1) is 13.8. The third kappa shape index (κ3) is 2.71. The predicted molar refractivity (Wildman–Crippen MR) is 80.4 cm³/mol. The second kappa shape index (κ2) is 5.18. The molecule has 0 radical (unpaired) electrons. The summed E-state index contributed by atoms with van der Waals surface area (Å²) in [6.07, 6.45) is 0. The number of benzene rings is 2. The van der Waals surface area contributed by atoms with Gasteiger partial charge in [0, 0.05) is 0 Å². The molecule has 0 saturated carbocycles. The van der Waals surface area contributed by atoms with Crippen LogP contribution in [0.5, 0.6) is 0 Å². The molecule has 0 bridgehead atoms. The molecule has 0 spiro atoms. The van der Waals surface area contributed by atoms with Gasteiger partial charge in [-0.1, -0.05) is 62.4 Å². The molecule has 1 N–H and O–H groups in total. The van der Waals surface area contributed by atoms with Crippen LogP contribution in [0.25, 0.3) is 0 Å². The van der Waals surface area contributed by atoms with Crippen molar-refractivity contribution >= 4 is 0 Å². The summed E-state index contributed by atoms with van der Waals surface area (Å²) < 4.78 is 0. The maximum absolute atomic E-state index is 10.9. The first-order valence-electron chi connectivity index (χ1n) is 6.82. The Labute approximate surface area is 115 Å². The van der Waals surface area contributed by atoms with Crippen LogP contribution < -0.4 is 0 Å². The highest BCUT2D eigenvalue weighted by atomic mass is 16.3. The van der Waals surface area contributed by atoms with Crippen LogP contribution in [0.15, 0.2) is 48.5 Å². The van der Waals surface area contributed by atoms with Gasteiger partial charge in [-0.3, -0.25) is 0 Å². The van der Waals surface area contributed by atoms with Gasteiger partial charge in [0.1, 0.15) is 5.60 Å². The third-order valence-electron chi connectivity index (χ3n) is 3.81. The molecular formula is C18H22O. The highest BCUT2D eigenvalue weighted by Crippen LogP contribution is 2.31. The number of aryl methyl sites for hydroxylation is 1. The molecular weight excluding hydrogens is 232 g/mol. The van der Waals surface area contributed by atoms with E-state index in [9.17, 15) is 5.11 Å². The monoisotopic (exact) mass is 254 g/mol. The maximum atomic E-state index is 10.9. The summed E-state index contributed by atoms with van der Waals surface area (Å²) in [5.41, 5.74) is 3.36. The fourth-order valence-electron chi connectivity index (χ4n) is 2.47. The summed E-state index contributed by atoms with van der Waals surface area (Å²) in [6.45, 7) is 8.25. The van der Waals surface area contributed by atoms with Gasteiger partial charge in [0.2, 0.25) is 0 Å². The van der Waals surface area contributed by atoms with Crippen LogP contribution in [0.3, 0.4) is 0 Å². The van der Waals surface area contributed by atoms with E-state index in [-0.39, 0.29) is 0 Å². The Kier molecular flexibility index (Phi) is 3.77. The van der Waals surface area contributed by atoms with Crippen molar-refractivity contribution in [3.8, 4) is 0 Å². The minimum atomic E-state index is -0.944. The topological polar surface area (TPSA) is 20.2 Å². The highest BCUT2D eigenvalue weighted by molar-refractivity contribution is 5.40. The van der Waals surface area contributed by atoms with Crippen molar-refractivity contribution in [1.29, 1.82) is 0 Å². The first-order valence-corrected chi connectivity index (χ1v) is 6.82. The van der Waals surface area contributed by atoms with Gasteiger partial charge in [-0.2, -0.15) is 0 Å². The molecule has 2 aromatic rings. The Balaban J connectivity index is 2.42. The van der Waals surface area contributed by atoms with E-state index < -0.39 is 5.60 Å². The second-order valence-corrected chi connectivity index (χ2v) is 5.66. The minimum absolute atomic E-state index is 0.512. The second-order valence-electron chi connectivity index (χ2n) is 5.66. The average Bonchev–Trinajstić information content (AvgIpc) is 2.39. The van der Waals surface area contributed by atoms with Gasteiger partial charge in [-0.25, -0.2) is 0 Å². The van der Waals surface area contributed by atoms with E-state index in [2.05, 4.69) is 26.0 Å². The molecule has 0 saturated heterocycles. The van der Waals surface area contributed by atoms with Gasteiger partial charge < -0.3 is 5.11 Å². The molecule has 0 fully saturated rings. The Morgan fingerprint density at radius 2 is 1.53 bits per heavy atom. The van der Waals surface area contributed by atoms with Crippen molar-refractivity contribution in [2.24, 2.45) is 0 Å². The van der Waals surface area contributed by atoms with Crippen LogP contribution in [0.1, 0.15) is 48.9 Å². The number of rotatable bonds is 3. The lowest BCUT2D eigenvalue weighted by Gasteiger charge is -2.26. The van der Waals surface area contributed by atoms with Gasteiger partial charge in [0.15, 0.2) is 0 Å². The molecule has 1 unspecified atom stereocenters. The van der Waals surface area contributed by atoms with E-state index in [1.165, 1.54) is 5.56 Å². The molecule has 1 atom stereocenters. The summed E-state index contributed by atoms with van der Waals surface area (Å²) in [5.74, 6) is 0.512. The summed E-state index contributed by atoms with van der Waals surface area (Å²) in [7, 11) is 0. The SMILES string of the molecule is Cc1ccccc1C(C)(O)c1ccc(C(C)C)cc1. The zero-order valence-corrected chi connectivity index (χ0v) is 12.1. The van der Waals surface area contributed by atoms with Crippen LogP contribution in [-0.2, 0) is 5.60 Å². The summed E-state index contributed by atoms with van der Waals surface area (Å²) in [5, 5.41) is 10.9. The number of hydrogen-bond donors (Lipinski definition) is 1. The zero-order valence-electron chi connectivity index (χ0n) is 12.1. The normalized spacial score (nSPS) is 14.4. The largest absolute Gasteiger partial charge is 0.381 e. The van der Waals surface area contributed by atoms with Gasteiger partial charge >= 0.3 is 0 Å². The van der Waals surface area contributed by atoms with Crippen LogP contribution >= 0.6 is 0 Å². The molecule has 0 aliphatic carbocycles. The van der Waals surface area contributed by atoms with Crippen molar-refractivity contribution in [1.82, 2.24) is 0 Å². The fraction of sp³-hybridized carbons (Fsp3) is 0.333. The number of aliphatic hydroxyl groups is 1. The first-order chi connectivity index (χ1) is 8.93.